The first-order chi connectivity index (χ1) is 8.61. The molecule has 1 heterocycles. The molecule has 1 aromatic rings. The standard InChI is InChI=1S/C13H16ClNO3/c1-9-8-18-12(7-16)6-15(9)13(17)10-3-2-4-11(14)5-10/h2-5,9,12,16H,6-8H2,1H3. The molecule has 1 aliphatic rings. The van der Waals surface area contributed by atoms with Gasteiger partial charge in [-0.05, 0) is 25.1 Å². The Balaban J connectivity index is 2.16. The van der Waals surface area contributed by atoms with Gasteiger partial charge in [0.15, 0.2) is 0 Å². The fraction of sp³-hybridized carbons (Fsp3) is 0.462. The van der Waals surface area contributed by atoms with Crippen molar-refractivity contribution in [3.8, 4) is 0 Å². The van der Waals surface area contributed by atoms with Crippen LogP contribution in [0.4, 0.5) is 0 Å². The molecule has 1 amide bonds. The summed E-state index contributed by atoms with van der Waals surface area (Å²) in [5.74, 6) is -0.0771. The van der Waals surface area contributed by atoms with Gasteiger partial charge in [-0.3, -0.25) is 4.79 Å². The topological polar surface area (TPSA) is 49.8 Å². The van der Waals surface area contributed by atoms with Crippen LogP contribution in [0.2, 0.25) is 5.02 Å². The number of nitrogens with zero attached hydrogens (tertiary/aromatic N) is 1. The number of ether oxygens (including phenoxy) is 1. The third kappa shape index (κ3) is 2.83. The fourth-order valence-electron chi connectivity index (χ4n) is 2.00. The molecule has 18 heavy (non-hydrogen) atoms. The maximum absolute atomic E-state index is 12.4. The number of amides is 1. The highest BCUT2D eigenvalue weighted by molar-refractivity contribution is 6.30. The summed E-state index contributed by atoms with van der Waals surface area (Å²) in [7, 11) is 0. The van der Waals surface area contributed by atoms with Gasteiger partial charge in [-0.25, -0.2) is 0 Å². The van der Waals surface area contributed by atoms with Crippen molar-refractivity contribution >= 4 is 17.5 Å². The largest absolute Gasteiger partial charge is 0.394 e. The monoisotopic (exact) mass is 269 g/mol. The fourth-order valence-corrected chi connectivity index (χ4v) is 2.19. The predicted octanol–water partition coefficient (Wildman–Crippen LogP) is 1.56. The quantitative estimate of drug-likeness (QED) is 0.887. The molecule has 0 saturated carbocycles. The summed E-state index contributed by atoms with van der Waals surface area (Å²) in [6.07, 6.45) is -0.302. The Morgan fingerprint density at radius 2 is 2.39 bits per heavy atom. The zero-order valence-corrected chi connectivity index (χ0v) is 10.9. The average molecular weight is 270 g/mol. The molecule has 2 atom stereocenters. The van der Waals surface area contributed by atoms with Crippen molar-refractivity contribution in [1.29, 1.82) is 0 Å². The molecule has 2 unspecified atom stereocenters. The molecule has 0 radical (unpaired) electrons. The van der Waals surface area contributed by atoms with Crippen LogP contribution < -0.4 is 0 Å². The van der Waals surface area contributed by atoms with Crippen molar-refractivity contribution in [1.82, 2.24) is 4.90 Å². The van der Waals surface area contributed by atoms with Crippen LogP contribution in [0.3, 0.4) is 0 Å². The van der Waals surface area contributed by atoms with Crippen molar-refractivity contribution in [2.24, 2.45) is 0 Å². The molecular formula is C13H16ClNO3. The maximum atomic E-state index is 12.4. The molecule has 4 nitrogen and oxygen atoms in total. The minimum Gasteiger partial charge on any atom is -0.394 e. The molecule has 1 saturated heterocycles. The van der Waals surface area contributed by atoms with Gasteiger partial charge in [-0.15, -0.1) is 0 Å². The summed E-state index contributed by atoms with van der Waals surface area (Å²) >= 11 is 5.88. The number of carbonyl (C=O) groups excluding carboxylic acids is 1. The molecule has 0 bridgehead atoms. The third-order valence-corrected chi connectivity index (χ3v) is 3.28. The number of hydrogen-bond acceptors (Lipinski definition) is 3. The van der Waals surface area contributed by atoms with Gasteiger partial charge in [0, 0.05) is 17.1 Å². The Kier molecular flexibility index (Phi) is 4.22. The zero-order valence-electron chi connectivity index (χ0n) is 10.2. The van der Waals surface area contributed by atoms with Crippen LogP contribution in [-0.2, 0) is 4.74 Å². The van der Waals surface area contributed by atoms with E-state index in [4.69, 9.17) is 21.4 Å². The number of carbonyl (C=O) groups is 1. The molecular weight excluding hydrogens is 254 g/mol. The lowest BCUT2D eigenvalue weighted by atomic mass is 10.1. The van der Waals surface area contributed by atoms with E-state index < -0.39 is 0 Å². The van der Waals surface area contributed by atoms with E-state index in [1.807, 2.05) is 6.92 Å². The lowest BCUT2D eigenvalue weighted by molar-refractivity contribution is -0.0667. The van der Waals surface area contributed by atoms with Crippen LogP contribution in [-0.4, -0.2) is 47.8 Å². The van der Waals surface area contributed by atoms with Crippen molar-refractivity contribution in [2.75, 3.05) is 19.8 Å². The minimum absolute atomic E-state index is 0.000665. The first-order valence-electron chi connectivity index (χ1n) is 5.91. The van der Waals surface area contributed by atoms with Crippen molar-refractivity contribution in [3.05, 3.63) is 34.9 Å². The molecule has 98 valence electrons. The summed E-state index contributed by atoms with van der Waals surface area (Å²) in [6.45, 7) is 2.70. The van der Waals surface area contributed by atoms with Crippen LogP contribution in [0.5, 0.6) is 0 Å². The molecule has 1 fully saturated rings. The first kappa shape index (κ1) is 13.3. The smallest absolute Gasteiger partial charge is 0.254 e. The van der Waals surface area contributed by atoms with E-state index in [2.05, 4.69) is 0 Å². The molecule has 0 aromatic heterocycles. The zero-order chi connectivity index (χ0) is 13.1. The number of aliphatic hydroxyl groups is 1. The van der Waals surface area contributed by atoms with Crippen LogP contribution in [0.15, 0.2) is 24.3 Å². The number of benzene rings is 1. The highest BCUT2D eigenvalue weighted by atomic mass is 35.5. The second-order valence-electron chi connectivity index (χ2n) is 4.45. The Morgan fingerprint density at radius 3 is 3.06 bits per heavy atom. The highest BCUT2D eigenvalue weighted by Crippen LogP contribution is 2.17. The molecule has 5 heteroatoms. The van der Waals surface area contributed by atoms with E-state index in [1.54, 1.807) is 29.2 Å². The molecule has 1 N–H and O–H groups in total. The molecule has 0 spiro atoms. The van der Waals surface area contributed by atoms with Crippen molar-refractivity contribution < 1.29 is 14.6 Å². The Labute approximate surface area is 111 Å². The van der Waals surface area contributed by atoms with Gasteiger partial charge in [-0.1, -0.05) is 17.7 Å². The van der Waals surface area contributed by atoms with Gasteiger partial charge >= 0.3 is 0 Å². The summed E-state index contributed by atoms with van der Waals surface area (Å²) in [6, 6.07) is 6.88. The molecule has 2 rings (SSSR count). The van der Waals surface area contributed by atoms with E-state index in [1.165, 1.54) is 0 Å². The SMILES string of the molecule is CC1COC(CO)CN1C(=O)c1cccc(Cl)c1. The lowest BCUT2D eigenvalue weighted by Gasteiger charge is -2.37. The van der Waals surface area contributed by atoms with Crippen LogP contribution in [0.25, 0.3) is 0 Å². The van der Waals surface area contributed by atoms with Gasteiger partial charge in [-0.2, -0.15) is 0 Å². The number of aliphatic hydroxyl groups excluding tert-OH is 1. The van der Waals surface area contributed by atoms with E-state index in [9.17, 15) is 4.79 Å². The highest BCUT2D eigenvalue weighted by Gasteiger charge is 2.29. The van der Waals surface area contributed by atoms with Crippen molar-refractivity contribution in [2.45, 2.75) is 19.1 Å². The van der Waals surface area contributed by atoms with E-state index >= 15 is 0 Å². The normalized spacial score (nSPS) is 24.1. The average Bonchev–Trinajstić information content (AvgIpc) is 2.38. The van der Waals surface area contributed by atoms with E-state index in [0.29, 0.717) is 23.7 Å². The summed E-state index contributed by atoms with van der Waals surface area (Å²) in [5.41, 5.74) is 0.563. The molecule has 1 aromatic carbocycles. The van der Waals surface area contributed by atoms with E-state index in [0.717, 1.165) is 0 Å². The van der Waals surface area contributed by atoms with Gasteiger partial charge in [0.05, 0.1) is 25.4 Å². The van der Waals surface area contributed by atoms with Crippen LogP contribution in [0.1, 0.15) is 17.3 Å². The molecule has 1 aliphatic heterocycles. The Morgan fingerprint density at radius 1 is 1.61 bits per heavy atom. The van der Waals surface area contributed by atoms with Gasteiger partial charge < -0.3 is 14.7 Å². The number of halogens is 1. The second kappa shape index (κ2) is 5.69. The number of rotatable bonds is 2. The predicted molar refractivity (Wildman–Crippen MR) is 68.8 cm³/mol. The van der Waals surface area contributed by atoms with Crippen LogP contribution >= 0.6 is 11.6 Å². The second-order valence-corrected chi connectivity index (χ2v) is 4.89. The van der Waals surface area contributed by atoms with Crippen molar-refractivity contribution in [3.63, 3.8) is 0 Å². The van der Waals surface area contributed by atoms with Gasteiger partial charge in [0.2, 0.25) is 0 Å². The lowest BCUT2D eigenvalue weighted by Crippen LogP contribution is -2.52. The van der Waals surface area contributed by atoms with E-state index in [-0.39, 0.29) is 24.7 Å². The number of hydrogen-bond donors (Lipinski definition) is 1. The maximum Gasteiger partial charge on any atom is 0.254 e. The summed E-state index contributed by atoms with van der Waals surface area (Å²) < 4.78 is 5.41. The summed E-state index contributed by atoms with van der Waals surface area (Å²) in [5, 5.41) is 9.65. The summed E-state index contributed by atoms with van der Waals surface area (Å²) in [4.78, 5) is 14.1. The first-order valence-corrected chi connectivity index (χ1v) is 6.28. The minimum atomic E-state index is -0.302. The Bertz CT molecular complexity index is 438. The number of morpholine rings is 1. The van der Waals surface area contributed by atoms with Gasteiger partial charge in [0.25, 0.3) is 5.91 Å². The molecule has 0 aliphatic carbocycles. The Hall–Kier alpha value is -1.10. The third-order valence-electron chi connectivity index (χ3n) is 3.04. The van der Waals surface area contributed by atoms with Gasteiger partial charge in [0.1, 0.15) is 0 Å². The van der Waals surface area contributed by atoms with Crippen LogP contribution in [0, 0.1) is 0 Å².